The summed E-state index contributed by atoms with van der Waals surface area (Å²) in [6.07, 6.45) is 3.14. The first-order valence-electron chi connectivity index (χ1n) is 4.85. The predicted octanol–water partition coefficient (Wildman–Crippen LogP) is 1.42. The Morgan fingerprint density at radius 1 is 1.47 bits per heavy atom. The predicted molar refractivity (Wildman–Crippen MR) is 62.9 cm³/mol. The Labute approximate surface area is 103 Å². The summed E-state index contributed by atoms with van der Waals surface area (Å²) in [4.78, 5) is 23.6. The zero-order chi connectivity index (χ0) is 12.4. The Kier molecular flexibility index (Phi) is 3.06. The van der Waals surface area contributed by atoms with E-state index in [4.69, 9.17) is 11.6 Å². The molecule has 17 heavy (non-hydrogen) atoms. The second-order valence-corrected chi connectivity index (χ2v) is 3.92. The van der Waals surface area contributed by atoms with Crippen molar-refractivity contribution in [3.63, 3.8) is 0 Å². The lowest BCUT2D eigenvalue weighted by Crippen LogP contribution is -2.15. The summed E-state index contributed by atoms with van der Waals surface area (Å²) in [7, 11) is 1.78. The highest BCUT2D eigenvalue weighted by molar-refractivity contribution is 6.29. The molecule has 0 fully saturated rings. The van der Waals surface area contributed by atoms with Crippen molar-refractivity contribution in [3.05, 3.63) is 35.1 Å². The van der Waals surface area contributed by atoms with Crippen molar-refractivity contribution in [2.75, 3.05) is 5.32 Å². The molecule has 0 atom stereocenters. The Hall–Kier alpha value is -1.95. The fraction of sp³-hybridized carbons (Fsp3) is 0.200. The lowest BCUT2D eigenvalue weighted by atomic mass is 10.4. The van der Waals surface area contributed by atoms with E-state index in [0.717, 1.165) is 0 Å². The number of carbonyl (C=O) groups excluding carboxylic acids is 1. The molecule has 2 aromatic heterocycles. The summed E-state index contributed by atoms with van der Waals surface area (Å²) >= 11 is 5.76. The van der Waals surface area contributed by atoms with Gasteiger partial charge in [-0.05, 0) is 13.0 Å². The van der Waals surface area contributed by atoms with Crippen molar-refractivity contribution < 1.29 is 4.79 Å². The number of rotatable bonds is 2. The van der Waals surface area contributed by atoms with Crippen LogP contribution in [0.4, 0.5) is 5.95 Å². The highest BCUT2D eigenvalue weighted by Crippen LogP contribution is 2.10. The van der Waals surface area contributed by atoms with Crippen molar-refractivity contribution in [2.45, 2.75) is 6.92 Å². The summed E-state index contributed by atoms with van der Waals surface area (Å²) in [6.45, 7) is 1.77. The number of hydrogen-bond acceptors (Lipinski definition) is 4. The molecule has 0 unspecified atom stereocenters. The van der Waals surface area contributed by atoms with E-state index in [2.05, 4.69) is 20.3 Å². The number of nitrogens with zero attached hydrogens (tertiary/aromatic N) is 4. The molecule has 2 aromatic rings. The summed E-state index contributed by atoms with van der Waals surface area (Å²) in [5.41, 5.74) is 0.982. The molecule has 6 nitrogen and oxygen atoms in total. The van der Waals surface area contributed by atoms with Gasteiger partial charge in [-0.1, -0.05) is 11.6 Å². The Bertz CT molecular complexity index is 545. The summed E-state index contributed by atoms with van der Waals surface area (Å²) < 4.78 is 1.68. The van der Waals surface area contributed by atoms with Gasteiger partial charge < -0.3 is 4.57 Å². The van der Waals surface area contributed by atoms with Crippen LogP contribution in [0.3, 0.4) is 0 Å². The highest BCUT2D eigenvalue weighted by Gasteiger charge is 2.11. The molecule has 0 saturated heterocycles. The maximum atomic E-state index is 11.7. The van der Waals surface area contributed by atoms with E-state index in [1.165, 1.54) is 0 Å². The third-order valence-electron chi connectivity index (χ3n) is 1.99. The molecule has 1 N–H and O–H groups in total. The van der Waals surface area contributed by atoms with E-state index in [-0.39, 0.29) is 17.0 Å². The van der Waals surface area contributed by atoms with Gasteiger partial charge >= 0.3 is 0 Å². The van der Waals surface area contributed by atoms with Crippen molar-refractivity contribution in [1.82, 2.24) is 19.5 Å². The second-order valence-electron chi connectivity index (χ2n) is 3.53. The Morgan fingerprint density at radius 2 is 2.24 bits per heavy atom. The largest absolute Gasteiger partial charge is 0.340 e. The van der Waals surface area contributed by atoms with Gasteiger partial charge in [-0.3, -0.25) is 10.1 Å². The molecule has 0 aliphatic carbocycles. The molecule has 2 heterocycles. The Morgan fingerprint density at radius 3 is 2.82 bits per heavy atom. The van der Waals surface area contributed by atoms with Crippen LogP contribution in [0.2, 0.25) is 5.15 Å². The molecular weight excluding hydrogens is 242 g/mol. The lowest BCUT2D eigenvalue weighted by Gasteiger charge is -2.02. The highest BCUT2D eigenvalue weighted by atomic mass is 35.5. The molecule has 0 aromatic carbocycles. The number of carbonyl (C=O) groups is 1. The van der Waals surface area contributed by atoms with E-state index in [0.29, 0.717) is 11.4 Å². The van der Waals surface area contributed by atoms with Crippen LogP contribution in [0.5, 0.6) is 0 Å². The first-order chi connectivity index (χ1) is 8.04. The van der Waals surface area contributed by atoms with Gasteiger partial charge in [-0.15, -0.1) is 0 Å². The van der Waals surface area contributed by atoms with Crippen molar-refractivity contribution >= 4 is 23.5 Å². The van der Waals surface area contributed by atoms with Gasteiger partial charge in [0.05, 0.1) is 6.33 Å². The minimum Gasteiger partial charge on any atom is -0.340 e. The molecule has 88 valence electrons. The number of aromatic nitrogens is 4. The normalized spacial score (nSPS) is 10.3. The average Bonchev–Trinajstić information content (AvgIpc) is 2.63. The van der Waals surface area contributed by atoms with Crippen LogP contribution in [0.1, 0.15) is 16.2 Å². The van der Waals surface area contributed by atoms with Gasteiger partial charge in [0.2, 0.25) is 5.95 Å². The number of imidazole rings is 1. The number of hydrogen-bond donors (Lipinski definition) is 1. The van der Waals surface area contributed by atoms with Crippen LogP contribution < -0.4 is 5.32 Å². The van der Waals surface area contributed by atoms with Crippen LogP contribution in [0, 0.1) is 6.92 Å². The van der Waals surface area contributed by atoms with Crippen LogP contribution in [0.15, 0.2) is 18.6 Å². The summed E-state index contributed by atoms with van der Waals surface area (Å²) in [5, 5.41) is 2.82. The van der Waals surface area contributed by atoms with Crippen molar-refractivity contribution in [3.8, 4) is 0 Å². The lowest BCUT2D eigenvalue weighted by molar-refractivity contribution is 0.102. The van der Waals surface area contributed by atoms with Gasteiger partial charge in [-0.25, -0.2) is 15.0 Å². The maximum Gasteiger partial charge on any atom is 0.278 e. The number of aryl methyl sites for hydroxylation is 2. The first-order valence-corrected chi connectivity index (χ1v) is 5.23. The molecule has 0 radical (unpaired) electrons. The third kappa shape index (κ3) is 2.79. The number of halogens is 1. The SMILES string of the molecule is Cc1cc(Cl)nc(NC(=O)c2cn(C)cn2)n1. The number of anilines is 1. The topological polar surface area (TPSA) is 72.7 Å². The second kappa shape index (κ2) is 4.50. The van der Waals surface area contributed by atoms with E-state index >= 15 is 0 Å². The average molecular weight is 252 g/mol. The molecule has 0 spiro atoms. The zero-order valence-electron chi connectivity index (χ0n) is 9.31. The number of amides is 1. The molecule has 0 bridgehead atoms. The molecule has 7 heteroatoms. The minimum atomic E-state index is -0.368. The molecule has 1 amide bonds. The summed E-state index contributed by atoms with van der Waals surface area (Å²) in [6, 6.07) is 1.61. The maximum absolute atomic E-state index is 11.7. The Balaban J connectivity index is 2.18. The van der Waals surface area contributed by atoms with E-state index in [1.54, 1.807) is 37.1 Å². The van der Waals surface area contributed by atoms with Crippen molar-refractivity contribution in [1.29, 1.82) is 0 Å². The fourth-order valence-corrected chi connectivity index (χ4v) is 1.52. The van der Waals surface area contributed by atoms with E-state index in [1.807, 2.05) is 0 Å². The monoisotopic (exact) mass is 251 g/mol. The summed E-state index contributed by atoms with van der Waals surface area (Å²) in [5.74, 6) is -0.196. The molecule has 0 aliphatic rings. The van der Waals surface area contributed by atoms with Gasteiger partial charge in [0.25, 0.3) is 5.91 Å². The zero-order valence-corrected chi connectivity index (χ0v) is 10.1. The van der Waals surface area contributed by atoms with Crippen LogP contribution in [-0.2, 0) is 7.05 Å². The van der Waals surface area contributed by atoms with Gasteiger partial charge in [-0.2, -0.15) is 0 Å². The van der Waals surface area contributed by atoms with Gasteiger partial charge in [0.1, 0.15) is 10.8 Å². The van der Waals surface area contributed by atoms with Crippen LogP contribution in [0.25, 0.3) is 0 Å². The molecular formula is C10H10ClN5O. The molecule has 0 aliphatic heterocycles. The number of nitrogens with one attached hydrogen (secondary N) is 1. The van der Waals surface area contributed by atoms with E-state index in [9.17, 15) is 4.79 Å². The fourth-order valence-electron chi connectivity index (χ4n) is 1.28. The smallest absolute Gasteiger partial charge is 0.278 e. The molecule has 0 saturated carbocycles. The standard InChI is InChI=1S/C10H10ClN5O/c1-6-3-8(11)14-10(13-6)15-9(17)7-4-16(2)5-12-7/h3-5H,1-2H3,(H,13,14,15,17). The molecule has 2 rings (SSSR count). The first kappa shape index (κ1) is 11.5. The van der Waals surface area contributed by atoms with E-state index < -0.39 is 0 Å². The van der Waals surface area contributed by atoms with Crippen LogP contribution >= 0.6 is 11.6 Å². The van der Waals surface area contributed by atoms with Crippen LogP contribution in [-0.4, -0.2) is 25.4 Å². The van der Waals surface area contributed by atoms with Gasteiger partial charge in [0.15, 0.2) is 0 Å². The third-order valence-corrected chi connectivity index (χ3v) is 2.18. The minimum absolute atomic E-state index is 0.172. The van der Waals surface area contributed by atoms with Gasteiger partial charge in [0, 0.05) is 18.9 Å². The quantitative estimate of drug-likeness (QED) is 0.820. The van der Waals surface area contributed by atoms with Crippen molar-refractivity contribution in [2.24, 2.45) is 7.05 Å².